The Morgan fingerprint density at radius 1 is 1.50 bits per heavy atom. The van der Waals surface area contributed by atoms with Crippen molar-refractivity contribution in [3.63, 3.8) is 0 Å². The third-order valence-corrected chi connectivity index (χ3v) is 5.19. The van der Waals surface area contributed by atoms with Gasteiger partial charge in [-0.3, -0.25) is 4.68 Å². The molecule has 18 heavy (non-hydrogen) atoms. The Labute approximate surface area is 124 Å². The molecule has 0 bridgehead atoms. The third-order valence-electron chi connectivity index (χ3n) is 2.41. The van der Waals surface area contributed by atoms with Gasteiger partial charge in [0.2, 0.25) is 0 Å². The van der Waals surface area contributed by atoms with E-state index >= 15 is 0 Å². The largest absolute Gasteiger partial charge is 0.311 e. The second kappa shape index (κ2) is 6.75. The highest BCUT2D eigenvalue weighted by molar-refractivity contribution is 9.10. The normalized spacial score (nSPS) is 11.1. The van der Waals surface area contributed by atoms with Gasteiger partial charge in [-0.15, -0.1) is 23.1 Å². The summed E-state index contributed by atoms with van der Waals surface area (Å²) in [6.07, 6.45) is 0. The number of halogens is 1. The molecular formula is C12H16BrN3S2. The van der Waals surface area contributed by atoms with E-state index in [1.165, 1.54) is 14.4 Å². The van der Waals surface area contributed by atoms with Gasteiger partial charge in [0.1, 0.15) is 0 Å². The molecule has 0 unspecified atom stereocenters. The Balaban J connectivity index is 1.66. The van der Waals surface area contributed by atoms with Gasteiger partial charge in [-0.25, -0.2) is 0 Å². The molecule has 2 aromatic rings. The number of rotatable bonds is 6. The van der Waals surface area contributed by atoms with E-state index < -0.39 is 0 Å². The first-order valence-electron chi connectivity index (χ1n) is 5.72. The molecule has 0 saturated carbocycles. The van der Waals surface area contributed by atoms with Crippen molar-refractivity contribution in [2.45, 2.75) is 18.5 Å². The predicted molar refractivity (Wildman–Crippen MR) is 82.4 cm³/mol. The molecular weight excluding hydrogens is 330 g/mol. The second-order valence-corrected chi connectivity index (χ2v) is 7.03. The maximum absolute atomic E-state index is 4.33. The van der Waals surface area contributed by atoms with E-state index in [-0.39, 0.29) is 0 Å². The lowest BCUT2D eigenvalue weighted by Crippen LogP contribution is -2.15. The molecule has 0 amide bonds. The molecule has 0 atom stereocenters. The fraction of sp³-hybridized carbons (Fsp3) is 0.417. The Morgan fingerprint density at radius 2 is 2.33 bits per heavy atom. The summed E-state index contributed by atoms with van der Waals surface area (Å²) in [6.45, 7) is 3.97. The molecule has 0 aliphatic heterocycles. The van der Waals surface area contributed by atoms with Gasteiger partial charge in [-0.1, -0.05) is 0 Å². The van der Waals surface area contributed by atoms with Gasteiger partial charge in [-0.2, -0.15) is 5.10 Å². The van der Waals surface area contributed by atoms with E-state index in [1.54, 1.807) is 11.3 Å². The Bertz CT molecular complexity index is 507. The SMILES string of the molecule is Cc1cc(SCCNCc2cc(Br)cs2)n(C)n1. The van der Waals surface area contributed by atoms with E-state index in [0.29, 0.717) is 0 Å². The van der Waals surface area contributed by atoms with Crippen LogP contribution in [0.15, 0.2) is 27.0 Å². The summed E-state index contributed by atoms with van der Waals surface area (Å²) in [5, 5.41) is 11.1. The van der Waals surface area contributed by atoms with Crippen LogP contribution in [0.4, 0.5) is 0 Å². The van der Waals surface area contributed by atoms with Crippen LogP contribution in [0.5, 0.6) is 0 Å². The first kappa shape index (κ1) is 14.1. The number of hydrogen-bond acceptors (Lipinski definition) is 4. The lowest BCUT2D eigenvalue weighted by atomic mass is 10.4. The maximum atomic E-state index is 4.33. The highest BCUT2D eigenvalue weighted by Gasteiger charge is 2.02. The average Bonchev–Trinajstić information content (AvgIpc) is 2.85. The molecule has 1 N–H and O–H groups in total. The van der Waals surface area contributed by atoms with E-state index in [1.807, 2.05) is 30.4 Å². The van der Waals surface area contributed by atoms with Crippen molar-refractivity contribution >= 4 is 39.0 Å². The molecule has 3 nitrogen and oxygen atoms in total. The lowest BCUT2D eigenvalue weighted by Gasteiger charge is -2.03. The van der Waals surface area contributed by atoms with Crippen LogP contribution >= 0.6 is 39.0 Å². The van der Waals surface area contributed by atoms with Gasteiger partial charge < -0.3 is 5.32 Å². The van der Waals surface area contributed by atoms with Gasteiger partial charge in [0.15, 0.2) is 0 Å². The van der Waals surface area contributed by atoms with E-state index in [4.69, 9.17) is 0 Å². The molecule has 0 aliphatic rings. The van der Waals surface area contributed by atoms with Crippen molar-refractivity contribution in [2.75, 3.05) is 12.3 Å². The van der Waals surface area contributed by atoms with Crippen molar-refractivity contribution in [2.24, 2.45) is 7.05 Å². The van der Waals surface area contributed by atoms with Crippen LogP contribution in [-0.4, -0.2) is 22.1 Å². The monoisotopic (exact) mass is 345 g/mol. The zero-order valence-corrected chi connectivity index (χ0v) is 13.7. The molecule has 0 saturated heterocycles. The molecule has 2 rings (SSSR count). The number of nitrogens with one attached hydrogen (secondary N) is 1. The van der Waals surface area contributed by atoms with Crippen LogP contribution in [0.1, 0.15) is 10.6 Å². The highest BCUT2D eigenvalue weighted by atomic mass is 79.9. The molecule has 0 radical (unpaired) electrons. The molecule has 2 heterocycles. The van der Waals surface area contributed by atoms with Gasteiger partial charge >= 0.3 is 0 Å². The zero-order chi connectivity index (χ0) is 13.0. The fourth-order valence-corrected chi connectivity index (χ4v) is 3.97. The number of thioether (sulfide) groups is 1. The van der Waals surface area contributed by atoms with Gasteiger partial charge in [0, 0.05) is 40.6 Å². The van der Waals surface area contributed by atoms with E-state index in [2.05, 4.69) is 43.9 Å². The zero-order valence-electron chi connectivity index (χ0n) is 10.4. The summed E-state index contributed by atoms with van der Waals surface area (Å²) >= 11 is 7.08. The second-order valence-electron chi connectivity index (χ2n) is 4.00. The van der Waals surface area contributed by atoms with Gasteiger partial charge in [0.05, 0.1) is 10.7 Å². The van der Waals surface area contributed by atoms with Crippen LogP contribution < -0.4 is 5.32 Å². The van der Waals surface area contributed by atoms with Crippen molar-refractivity contribution in [1.29, 1.82) is 0 Å². The molecule has 0 aromatic carbocycles. The first-order valence-corrected chi connectivity index (χ1v) is 8.38. The Morgan fingerprint density at radius 3 is 2.94 bits per heavy atom. The van der Waals surface area contributed by atoms with Crippen molar-refractivity contribution < 1.29 is 0 Å². The van der Waals surface area contributed by atoms with Crippen molar-refractivity contribution in [1.82, 2.24) is 15.1 Å². The molecule has 0 fully saturated rings. The summed E-state index contributed by atoms with van der Waals surface area (Å²) in [6, 6.07) is 4.29. The maximum Gasteiger partial charge on any atom is 0.0939 e. The topological polar surface area (TPSA) is 29.9 Å². The average molecular weight is 346 g/mol. The molecule has 6 heteroatoms. The first-order chi connectivity index (χ1) is 8.65. The van der Waals surface area contributed by atoms with E-state index in [9.17, 15) is 0 Å². The minimum atomic E-state index is 0.946. The summed E-state index contributed by atoms with van der Waals surface area (Å²) in [7, 11) is 1.99. The van der Waals surface area contributed by atoms with Gasteiger partial charge in [-0.05, 0) is 35.0 Å². The summed E-state index contributed by atoms with van der Waals surface area (Å²) in [5.41, 5.74) is 1.08. The molecule has 98 valence electrons. The minimum absolute atomic E-state index is 0.946. The lowest BCUT2D eigenvalue weighted by molar-refractivity contribution is 0.690. The number of hydrogen-bond donors (Lipinski definition) is 1. The Kier molecular flexibility index (Phi) is 5.29. The van der Waals surface area contributed by atoms with Crippen LogP contribution in [-0.2, 0) is 13.6 Å². The summed E-state index contributed by atoms with van der Waals surface area (Å²) in [5.74, 6) is 1.06. The quantitative estimate of drug-likeness (QED) is 0.642. The van der Waals surface area contributed by atoms with Crippen molar-refractivity contribution in [3.8, 4) is 0 Å². The van der Waals surface area contributed by atoms with Crippen LogP contribution in [0.25, 0.3) is 0 Å². The predicted octanol–water partition coefficient (Wildman–Crippen LogP) is 3.43. The third kappa shape index (κ3) is 4.12. The highest BCUT2D eigenvalue weighted by Crippen LogP contribution is 2.20. The Hall–Kier alpha value is -0.300. The number of aromatic nitrogens is 2. The fourth-order valence-electron chi connectivity index (χ4n) is 1.61. The minimum Gasteiger partial charge on any atom is -0.311 e. The van der Waals surface area contributed by atoms with Crippen LogP contribution in [0.2, 0.25) is 0 Å². The summed E-state index contributed by atoms with van der Waals surface area (Å²) < 4.78 is 3.11. The number of thiophene rings is 1. The molecule has 0 aliphatic carbocycles. The van der Waals surface area contributed by atoms with Gasteiger partial charge in [0.25, 0.3) is 0 Å². The van der Waals surface area contributed by atoms with E-state index in [0.717, 1.165) is 24.5 Å². The van der Waals surface area contributed by atoms with Crippen LogP contribution in [0.3, 0.4) is 0 Å². The summed E-state index contributed by atoms with van der Waals surface area (Å²) in [4.78, 5) is 1.36. The van der Waals surface area contributed by atoms with Crippen molar-refractivity contribution in [3.05, 3.63) is 32.6 Å². The molecule has 0 spiro atoms. The number of nitrogens with zero attached hydrogens (tertiary/aromatic N) is 2. The number of aryl methyl sites for hydroxylation is 2. The standard InChI is InChI=1S/C12H16BrN3S2/c1-9-5-12(16(2)15-9)17-4-3-14-7-11-6-10(13)8-18-11/h5-6,8,14H,3-4,7H2,1-2H3. The smallest absolute Gasteiger partial charge is 0.0939 e. The van der Waals surface area contributed by atoms with Crippen LogP contribution in [0, 0.1) is 6.92 Å². The molecule has 2 aromatic heterocycles.